The van der Waals surface area contributed by atoms with Gasteiger partial charge in [0.25, 0.3) is 5.91 Å². The van der Waals surface area contributed by atoms with Gasteiger partial charge in [0.2, 0.25) is 5.91 Å². The summed E-state index contributed by atoms with van der Waals surface area (Å²) in [6.45, 7) is 3.64. The number of rotatable bonds is 4. The Balaban J connectivity index is 2.23. The van der Waals surface area contributed by atoms with Crippen LogP contribution in [0.2, 0.25) is 10.0 Å². The van der Waals surface area contributed by atoms with Gasteiger partial charge in [0, 0.05) is 16.5 Å². The first-order valence-corrected chi connectivity index (χ1v) is 7.72. The number of amides is 4. The average Bonchev–Trinajstić information content (AvgIpc) is 2.72. The number of halogens is 2. The van der Waals surface area contributed by atoms with Gasteiger partial charge in [0.05, 0.1) is 5.69 Å². The molecule has 1 aromatic rings. The van der Waals surface area contributed by atoms with E-state index in [0.29, 0.717) is 10.0 Å². The molecule has 0 spiro atoms. The van der Waals surface area contributed by atoms with Crippen LogP contribution in [0.1, 0.15) is 26.7 Å². The van der Waals surface area contributed by atoms with Gasteiger partial charge in [-0.1, -0.05) is 43.5 Å². The largest absolute Gasteiger partial charge is 0.338 e. The monoisotopic (exact) mass is 342 g/mol. The Labute approximate surface area is 138 Å². The van der Waals surface area contributed by atoms with Crippen LogP contribution in [0.3, 0.4) is 0 Å². The summed E-state index contributed by atoms with van der Waals surface area (Å²) in [5.74, 6) is -0.658. The van der Waals surface area contributed by atoms with Crippen molar-refractivity contribution in [3.63, 3.8) is 0 Å². The molecule has 1 aliphatic rings. The molecular formula is C15H16Cl2N2O3. The van der Waals surface area contributed by atoms with Crippen molar-refractivity contribution in [1.82, 2.24) is 4.90 Å². The molecule has 1 atom stereocenters. The number of carbonyl (C=O) groups excluding carboxylic acids is 3. The number of carbonyl (C=O) groups is 3. The van der Waals surface area contributed by atoms with E-state index >= 15 is 0 Å². The molecule has 0 saturated carbocycles. The summed E-state index contributed by atoms with van der Waals surface area (Å²) in [6, 6.07) is 3.78. The van der Waals surface area contributed by atoms with Crippen molar-refractivity contribution in [2.45, 2.75) is 26.7 Å². The first kappa shape index (κ1) is 16.8. The summed E-state index contributed by atoms with van der Waals surface area (Å²) in [7, 11) is 0. The number of benzene rings is 1. The lowest BCUT2D eigenvalue weighted by Gasteiger charge is -2.17. The highest BCUT2D eigenvalue weighted by Crippen LogP contribution is 2.29. The number of hydrogen-bond donors (Lipinski definition) is 0. The molecule has 0 radical (unpaired) electrons. The van der Waals surface area contributed by atoms with Crippen LogP contribution in [0, 0.1) is 5.92 Å². The van der Waals surface area contributed by atoms with Crippen molar-refractivity contribution >= 4 is 46.7 Å². The minimum absolute atomic E-state index is 0.157. The fourth-order valence-corrected chi connectivity index (χ4v) is 2.69. The molecule has 0 aromatic heterocycles. The second kappa shape index (κ2) is 6.67. The molecule has 1 aromatic carbocycles. The molecular weight excluding hydrogens is 327 g/mol. The Bertz CT molecular complexity index is 613. The summed E-state index contributed by atoms with van der Waals surface area (Å²) >= 11 is 11.8. The number of urea groups is 1. The molecule has 22 heavy (non-hydrogen) atoms. The van der Waals surface area contributed by atoms with Crippen LogP contribution in [0.5, 0.6) is 0 Å². The standard InChI is InChI=1S/C15H16Cl2N2O3/c1-3-9(2)4-13(20)18-8-14(21)19(15(18)22)12-6-10(16)5-11(17)7-12/h5-7,9H,3-4,8H2,1-2H3. The minimum atomic E-state index is -0.656. The molecule has 1 heterocycles. The molecule has 1 unspecified atom stereocenters. The van der Waals surface area contributed by atoms with Gasteiger partial charge < -0.3 is 0 Å². The maximum Gasteiger partial charge on any atom is 0.338 e. The zero-order valence-corrected chi connectivity index (χ0v) is 13.8. The van der Waals surface area contributed by atoms with E-state index in [0.717, 1.165) is 16.2 Å². The topological polar surface area (TPSA) is 57.7 Å². The summed E-state index contributed by atoms with van der Waals surface area (Å²) in [4.78, 5) is 38.5. The zero-order valence-electron chi connectivity index (χ0n) is 12.3. The van der Waals surface area contributed by atoms with E-state index in [1.807, 2.05) is 13.8 Å². The lowest BCUT2D eigenvalue weighted by molar-refractivity contribution is -0.130. The summed E-state index contributed by atoms with van der Waals surface area (Å²) in [5.41, 5.74) is 0.270. The highest BCUT2D eigenvalue weighted by atomic mass is 35.5. The van der Waals surface area contributed by atoms with Crippen LogP contribution in [0.25, 0.3) is 0 Å². The molecule has 0 aliphatic carbocycles. The normalized spacial score (nSPS) is 16.4. The maximum atomic E-state index is 12.4. The van der Waals surface area contributed by atoms with E-state index in [2.05, 4.69) is 0 Å². The molecule has 1 saturated heterocycles. The predicted molar refractivity (Wildman–Crippen MR) is 85.1 cm³/mol. The van der Waals surface area contributed by atoms with E-state index in [-0.39, 0.29) is 30.5 Å². The summed E-state index contributed by atoms with van der Waals surface area (Å²) in [5, 5.41) is 0.625. The molecule has 1 aliphatic heterocycles. The number of nitrogens with zero attached hydrogens (tertiary/aromatic N) is 2. The molecule has 0 bridgehead atoms. The number of anilines is 1. The van der Waals surface area contributed by atoms with Gasteiger partial charge in [-0.05, 0) is 24.1 Å². The van der Waals surface area contributed by atoms with Crippen molar-refractivity contribution in [2.75, 3.05) is 11.4 Å². The fraction of sp³-hybridized carbons (Fsp3) is 0.400. The number of imide groups is 2. The highest BCUT2D eigenvalue weighted by molar-refractivity contribution is 6.35. The van der Waals surface area contributed by atoms with Gasteiger partial charge in [-0.25, -0.2) is 9.69 Å². The molecule has 0 N–H and O–H groups in total. The smallest absolute Gasteiger partial charge is 0.274 e. The lowest BCUT2D eigenvalue weighted by Crippen LogP contribution is -2.37. The average molecular weight is 343 g/mol. The highest BCUT2D eigenvalue weighted by Gasteiger charge is 2.40. The van der Waals surface area contributed by atoms with E-state index in [4.69, 9.17) is 23.2 Å². The van der Waals surface area contributed by atoms with Crippen molar-refractivity contribution in [2.24, 2.45) is 5.92 Å². The Morgan fingerprint density at radius 2 is 1.82 bits per heavy atom. The fourth-order valence-electron chi connectivity index (χ4n) is 2.17. The molecule has 2 rings (SSSR count). The van der Waals surface area contributed by atoms with Crippen LogP contribution < -0.4 is 4.90 Å². The number of hydrogen-bond acceptors (Lipinski definition) is 3. The second-order valence-electron chi connectivity index (χ2n) is 5.34. The van der Waals surface area contributed by atoms with Crippen molar-refractivity contribution in [1.29, 1.82) is 0 Å². The van der Waals surface area contributed by atoms with E-state index in [1.165, 1.54) is 18.2 Å². The third-order valence-electron chi connectivity index (χ3n) is 3.59. The Kier molecular flexibility index (Phi) is 5.08. The van der Waals surface area contributed by atoms with Crippen LogP contribution in [-0.4, -0.2) is 29.3 Å². The Hall–Kier alpha value is -1.59. The van der Waals surface area contributed by atoms with Gasteiger partial charge in [0.1, 0.15) is 6.54 Å². The van der Waals surface area contributed by atoms with E-state index in [1.54, 1.807) is 0 Å². The predicted octanol–water partition coefficient (Wildman–Crippen LogP) is 3.72. The summed E-state index contributed by atoms with van der Waals surface area (Å²) < 4.78 is 0. The van der Waals surface area contributed by atoms with Crippen molar-refractivity contribution in [3.05, 3.63) is 28.2 Å². The molecule has 4 amide bonds. The third kappa shape index (κ3) is 3.42. The molecule has 118 valence electrons. The Morgan fingerprint density at radius 3 is 2.36 bits per heavy atom. The molecule has 7 heteroatoms. The summed E-state index contributed by atoms with van der Waals surface area (Å²) in [6.07, 6.45) is 1.06. The van der Waals surface area contributed by atoms with E-state index in [9.17, 15) is 14.4 Å². The third-order valence-corrected chi connectivity index (χ3v) is 4.03. The van der Waals surface area contributed by atoms with Gasteiger partial charge in [-0.3, -0.25) is 14.5 Å². The van der Waals surface area contributed by atoms with Crippen LogP contribution in [0.4, 0.5) is 10.5 Å². The quantitative estimate of drug-likeness (QED) is 0.783. The van der Waals surface area contributed by atoms with Gasteiger partial charge in [-0.15, -0.1) is 0 Å². The second-order valence-corrected chi connectivity index (χ2v) is 6.21. The Morgan fingerprint density at radius 1 is 1.23 bits per heavy atom. The first-order chi connectivity index (χ1) is 10.3. The zero-order chi connectivity index (χ0) is 16.4. The maximum absolute atomic E-state index is 12.4. The van der Waals surface area contributed by atoms with E-state index < -0.39 is 11.9 Å². The van der Waals surface area contributed by atoms with Gasteiger partial charge in [0.15, 0.2) is 0 Å². The van der Waals surface area contributed by atoms with Gasteiger partial charge in [-0.2, -0.15) is 0 Å². The van der Waals surface area contributed by atoms with Crippen LogP contribution in [0.15, 0.2) is 18.2 Å². The van der Waals surface area contributed by atoms with Crippen LogP contribution >= 0.6 is 23.2 Å². The van der Waals surface area contributed by atoms with Gasteiger partial charge >= 0.3 is 6.03 Å². The molecule has 1 fully saturated rings. The van der Waals surface area contributed by atoms with Crippen molar-refractivity contribution in [3.8, 4) is 0 Å². The minimum Gasteiger partial charge on any atom is -0.274 e. The first-order valence-electron chi connectivity index (χ1n) is 6.96. The SMILES string of the molecule is CCC(C)CC(=O)N1CC(=O)N(c2cc(Cl)cc(Cl)c2)C1=O. The lowest BCUT2D eigenvalue weighted by atomic mass is 10.0. The van der Waals surface area contributed by atoms with Crippen molar-refractivity contribution < 1.29 is 14.4 Å². The molecule has 5 nitrogen and oxygen atoms in total. The van der Waals surface area contributed by atoms with Crippen LogP contribution in [-0.2, 0) is 9.59 Å².